The lowest BCUT2D eigenvalue weighted by atomic mass is 9.84. The minimum Gasteiger partial charge on any atom is -0.354 e. The molecule has 0 spiro atoms. The molecule has 0 heterocycles. The van der Waals surface area contributed by atoms with Crippen LogP contribution in [0.4, 0.5) is 0 Å². The summed E-state index contributed by atoms with van der Waals surface area (Å²) in [7, 11) is 1.88. The third kappa shape index (κ3) is 4.02. The van der Waals surface area contributed by atoms with E-state index in [1.807, 2.05) is 18.9 Å². The number of nitrogens with zero attached hydrogens (tertiary/aromatic N) is 1. The van der Waals surface area contributed by atoms with Gasteiger partial charge in [0, 0.05) is 31.5 Å². The van der Waals surface area contributed by atoms with Crippen molar-refractivity contribution in [3.05, 3.63) is 0 Å². The fraction of sp³-hybridized carbons (Fsp3) is 0.889. The fourth-order valence-corrected chi connectivity index (χ4v) is 3.19. The van der Waals surface area contributed by atoms with Crippen molar-refractivity contribution in [1.29, 1.82) is 0 Å². The molecule has 2 fully saturated rings. The van der Waals surface area contributed by atoms with Gasteiger partial charge in [0.25, 0.3) is 0 Å². The number of carbonyl (C=O) groups is 2. The second-order valence-electron chi connectivity index (χ2n) is 7.48. The van der Waals surface area contributed by atoms with Crippen LogP contribution >= 0.6 is 0 Å². The number of likely N-dealkylation sites (N-methyl/N-ethyl adjacent to an activating group) is 1. The van der Waals surface area contributed by atoms with Gasteiger partial charge in [0.05, 0.1) is 0 Å². The molecule has 2 aliphatic carbocycles. The first kappa shape index (κ1) is 17.3. The van der Waals surface area contributed by atoms with Gasteiger partial charge in [-0.05, 0) is 50.4 Å². The van der Waals surface area contributed by atoms with E-state index in [-0.39, 0.29) is 17.2 Å². The molecule has 4 heteroatoms. The van der Waals surface area contributed by atoms with E-state index in [0.29, 0.717) is 30.8 Å². The van der Waals surface area contributed by atoms with Gasteiger partial charge in [-0.1, -0.05) is 20.8 Å². The Morgan fingerprint density at radius 2 is 1.64 bits per heavy atom. The van der Waals surface area contributed by atoms with Crippen LogP contribution in [0.1, 0.15) is 59.3 Å². The topological polar surface area (TPSA) is 49.4 Å². The lowest BCUT2D eigenvalue weighted by Crippen LogP contribution is -2.44. The molecule has 2 aliphatic rings. The Hall–Kier alpha value is -1.06. The molecule has 4 nitrogen and oxygen atoms in total. The van der Waals surface area contributed by atoms with Crippen molar-refractivity contribution in [2.75, 3.05) is 20.1 Å². The predicted octanol–water partition coefficient (Wildman–Crippen LogP) is 2.82. The van der Waals surface area contributed by atoms with Gasteiger partial charge in [0.1, 0.15) is 0 Å². The summed E-state index contributed by atoms with van der Waals surface area (Å²) >= 11 is 0. The quantitative estimate of drug-likeness (QED) is 0.712. The molecule has 2 rings (SSSR count). The number of hydrogen-bond donors (Lipinski definition) is 1. The van der Waals surface area contributed by atoms with Crippen LogP contribution in [-0.4, -0.2) is 36.9 Å². The second-order valence-corrected chi connectivity index (χ2v) is 7.48. The zero-order valence-electron chi connectivity index (χ0n) is 14.7. The van der Waals surface area contributed by atoms with Gasteiger partial charge < -0.3 is 10.2 Å². The molecule has 0 unspecified atom stereocenters. The van der Waals surface area contributed by atoms with Crippen molar-refractivity contribution in [3.63, 3.8) is 0 Å². The molecule has 2 amide bonds. The number of nitrogens with one attached hydrogen (secondary N) is 1. The van der Waals surface area contributed by atoms with Gasteiger partial charge in [-0.2, -0.15) is 0 Å². The van der Waals surface area contributed by atoms with E-state index in [2.05, 4.69) is 19.2 Å². The summed E-state index contributed by atoms with van der Waals surface area (Å²) in [6.07, 6.45) is 6.59. The summed E-state index contributed by atoms with van der Waals surface area (Å²) in [4.78, 5) is 26.7. The van der Waals surface area contributed by atoms with Crippen molar-refractivity contribution in [1.82, 2.24) is 10.2 Å². The van der Waals surface area contributed by atoms with Gasteiger partial charge in [-0.25, -0.2) is 0 Å². The first-order valence-electron chi connectivity index (χ1n) is 8.96. The van der Waals surface area contributed by atoms with E-state index >= 15 is 0 Å². The highest BCUT2D eigenvalue weighted by Gasteiger charge is 2.46. The molecule has 0 saturated heterocycles. The Morgan fingerprint density at radius 3 is 2.05 bits per heavy atom. The van der Waals surface area contributed by atoms with Crippen molar-refractivity contribution in [3.8, 4) is 0 Å². The van der Waals surface area contributed by atoms with Gasteiger partial charge in [-0.15, -0.1) is 0 Å². The van der Waals surface area contributed by atoms with Crippen LogP contribution in [0.25, 0.3) is 0 Å². The lowest BCUT2D eigenvalue weighted by molar-refractivity contribution is -0.136. The molecule has 0 atom stereocenters. The smallest absolute Gasteiger partial charge is 0.226 e. The predicted molar refractivity (Wildman–Crippen MR) is 88.3 cm³/mol. The first-order valence-corrected chi connectivity index (χ1v) is 8.96. The molecule has 126 valence electrons. The zero-order valence-corrected chi connectivity index (χ0v) is 14.7. The highest BCUT2D eigenvalue weighted by Crippen LogP contribution is 2.49. The maximum Gasteiger partial charge on any atom is 0.226 e. The van der Waals surface area contributed by atoms with Crippen molar-refractivity contribution < 1.29 is 9.59 Å². The van der Waals surface area contributed by atoms with Crippen LogP contribution in [0.15, 0.2) is 0 Å². The van der Waals surface area contributed by atoms with E-state index in [4.69, 9.17) is 0 Å². The van der Waals surface area contributed by atoms with E-state index in [1.165, 1.54) is 25.7 Å². The van der Waals surface area contributed by atoms with Crippen molar-refractivity contribution in [2.45, 2.75) is 59.3 Å². The molecule has 0 aromatic rings. The Morgan fingerprint density at radius 1 is 1.14 bits per heavy atom. The van der Waals surface area contributed by atoms with Crippen molar-refractivity contribution in [2.24, 2.45) is 23.2 Å². The van der Waals surface area contributed by atoms with Crippen LogP contribution in [0.2, 0.25) is 0 Å². The largest absolute Gasteiger partial charge is 0.354 e. The van der Waals surface area contributed by atoms with Gasteiger partial charge in [-0.3, -0.25) is 9.59 Å². The first-order chi connectivity index (χ1) is 10.4. The van der Waals surface area contributed by atoms with Gasteiger partial charge >= 0.3 is 0 Å². The van der Waals surface area contributed by atoms with Crippen LogP contribution in [0.5, 0.6) is 0 Å². The minimum absolute atomic E-state index is 0.110. The standard InChI is InChI=1S/C18H32N2O2/c1-5-18(3,6-2)17(22)19-11-12-20(4)16(21)15(13-7-8-13)14-9-10-14/h13-15H,5-12H2,1-4H3,(H,19,22). The number of rotatable bonds is 9. The zero-order chi connectivity index (χ0) is 16.3. The molecule has 0 radical (unpaired) electrons. The number of carbonyl (C=O) groups excluding carboxylic acids is 2. The van der Waals surface area contributed by atoms with Gasteiger partial charge in [0.2, 0.25) is 11.8 Å². The number of amides is 2. The highest BCUT2D eigenvalue weighted by molar-refractivity contribution is 5.82. The third-order valence-electron chi connectivity index (χ3n) is 5.76. The van der Waals surface area contributed by atoms with E-state index in [0.717, 1.165) is 12.8 Å². The molecular weight excluding hydrogens is 276 g/mol. The Labute approximate surface area is 135 Å². The Bertz CT molecular complexity index is 397. The normalized spacial score (nSPS) is 18.4. The van der Waals surface area contributed by atoms with E-state index in [1.54, 1.807) is 0 Å². The molecule has 0 aromatic carbocycles. The average Bonchev–Trinajstić information content (AvgIpc) is 3.40. The van der Waals surface area contributed by atoms with E-state index < -0.39 is 0 Å². The SMILES string of the molecule is CCC(C)(CC)C(=O)NCCN(C)C(=O)C(C1CC1)C1CC1. The average molecular weight is 308 g/mol. The molecular formula is C18H32N2O2. The minimum atomic E-state index is -0.285. The monoisotopic (exact) mass is 308 g/mol. The van der Waals surface area contributed by atoms with Crippen LogP contribution in [-0.2, 0) is 9.59 Å². The molecule has 1 N–H and O–H groups in total. The second kappa shape index (κ2) is 7.01. The summed E-state index contributed by atoms with van der Waals surface area (Å²) in [5, 5.41) is 3.01. The highest BCUT2D eigenvalue weighted by atomic mass is 16.2. The molecule has 2 saturated carbocycles. The fourth-order valence-electron chi connectivity index (χ4n) is 3.19. The molecule has 0 aliphatic heterocycles. The van der Waals surface area contributed by atoms with Crippen LogP contribution in [0.3, 0.4) is 0 Å². The summed E-state index contributed by atoms with van der Waals surface area (Å²) in [5.41, 5.74) is -0.285. The maximum atomic E-state index is 12.6. The number of hydrogen-bond acceptors (Lipinski definition) is 2. The molecule has 22 heavy (non-hydrogen) atoms. The van der Waals surface area contributed by atoms with Crippen molar-refractivity contribution >= 4 is 11.8 Å². The van der Waals surface area contributed by atoms with E-state index in [9.17, 15) is 9.59 Å². The Kier molecular flexibility index (Phi) is 5.51. The van der Waals surface area contributed by atoms with Crippen LogP contribution in [0, 0.1) is 23.2 Å². The summed E-state index contributed by atoms with van der Waals surface area (Å²) < 4.78 is 0. The summed E-state index contributed by atoms with van der Waals surface area (Å²) in [5.74, 6) is 1.95. The maximum absolute atomic E-state index is 12.6. The molecule has 0 bridgehead atoms. The third-order valence-corrected chi connectivity index (χ3v) is 5.76. The Balaban J connectivity index is 1.76. The summed E-state index contributed by atoms with van der Waals surface area (Å²) in [6.45, 7) is 7.28. The summed E-state index contributed by atoms with van der Waals surface area (Å²) in [6, 6.07) is 0. The van der Waals surface area contributed by atoms with Crippen LogP contribution < -0.4 is 5.32 Å². The van der Waals surface area contributed by atoms with Gasteiger partial charge in [0.15, 0.2) is 0 Å². The molecule has 0 aromatic heterocycles. The lowest BCUT2D eigenvalue weighted by Gasteiger charge is -2.27.